The Balaban J connectivity index is 1.40. The van der Waals surface area contributed by atoms with Gasteiger partial charge >= 0.3 is 5.97 Å². The summed E-state index contributed by atoms with van der Waals surface area (Å²) in [6, 6.07) is 6.34. The minimum atomic E-state index is -0.154. The van der Waals surface area contributed by atoms with Gasteiger partial charge in [0.05, 0.1) is 13.4 Å². The molecule has 2 heterocycles. The number of hydrogen-bond acceptors (Lipinski definition) is 8. The van der Waals surface area contributed by atoms with Gasteiger partial charge in [0, 0.05) is 43.8 Å². The van der Waals surface area contributed by atoms with Crippen LogP contribution in [0.4, 0.5) is 0 Å². The van der Waals surface area contributed by atoms with Crippen molar-refractivity contribution < 1.29 is 14.3 Å². The van der Waals surface area contributed by atoms with Gasteiger partial charge in [-0.05, 0) is 43.0 Å². The maximum Gasteiger partial charge on any atom is 0.305 e. The van der Waals surface area contributed by atoms with Crippen molar-refractivity contribution in [2.45, 2.75) is 55.5 Å². The Morgan fingerprint density at radius 1 is 1.15 bits per heavy atom. The number of thioether (sulfide) groups is 1. The molecule has 0 atom stereocenters. The van der Waals surface area contributed by atoms with Gasteiger partial charge in [-0.3, -0.25) is 9.59 Å². The number of nitrogens with zero attached hydrogens (tertiary/aromatic N) is 5. The fraction of sp³-hybridized carbons (Fsp3) is 0.458. The predicted octanol–water partition coefficient (Wildman–Crippen LogP) is 4.91. The molecule has 0 aliphatic rings. The molecule has 0 N–H and O–H groups in total. The quantitative estimate of drug-likeness (QED) is 0.187. The molecule has 182 valence electrons. The first-order chi connectivity index (χ1) is 16.5. The average molecular weight is 502 g/mol. The Bertz CT molecular complexity index is 1070. The third-order valence-electron chi connectivity index (χ3n) is 5.52. The Labute approximate surface area is 208 Å². The molecule has 0 spiro atoms. The standard InChI is InChI=1S/C24H31N5O3S2/c1-18-15-20(29-14-12-25-17-29)11-10-19(18)16-33-24-27-26-22(34-24)23(31)28(2)13-8-6-4-5-7-9-21(30)32-3/h10-12,14-15,17H,4-9,13,16H2,1-3H3. The van der Waals surface area contributed by atoms with Crippen LogP contribution in [0.25, 0.3) is 5.69 Å². The van der Waals surface area contributed by atoms with E-state index in [0.29, 0.717) is 18.0 Å². The summed E-state index contributed by atoms with van der Waals surface area (Å²) in [5, 5.41) is 8.75. The van der Waals surface area contributed by atoms with Gasteiger partial charge in [-0.25, -0.2) is 4.98 Å². The molecule has 3 aromatic rings. The summed E-state index contributed by atoms with van der Waals surface area (Å²) in [6.45, 7) is 2.78. The van der Waals surface area contributed by atoms with Crippen LogP contribution < -0.4 is 0 Å². The van der Waals surface area contributed by atoms with Gasteiger partial charge in [-0.2, -0.15) is 0 Å². The van der Waals surface area contributed by atoms with Crippen LogP contribution in [0.3, 0.4) is 0 Å². The number of rotatable bonds is 13. The van der Waals surface area contributed by atoms with E-state index in [1.54, 1.807) is 36.2 Å². The number of esters is 1. The molecule has 0 saturated heterocycles. The molecule has 0 bridgehead atoms. The Kier molecular flexibility index (Phi) is 10.1. The SMILES string of the molecule is COC(=O)CCCCCCCN(C)C(=O)c1nnc(SCc2ccc(-n3ccnc3)cc2C)s1. The van der Waals surface area contributed by atoms with Gasteiger partial charge in [0.25, 0.3) is 5.91 Å². The van der Waals surface area contributed by atoms with Crippen LogP contribution in [0.2, 0.25) is 0 Å². The van der Waals surface area contributed by atoms with Gasteiger partial charge in [0.2, 0.25) is 5.01 Å². The summed E-state index contributed by atoms with van der Waals surface area (Å²) in [7, 11) is 3.22. The van der Waals surface area contributed by atoms with Crippen molar-refractivity contribution in [3.05, 3.63) is 53.1 Å². The summed E-state index contributed by atoms with van der Waals surface area (Å²) >= 11 is 2.94. The van der Waals surface area contributed by atoms with E-state index in [1.807, 2.05) is 10.8 Å². The normalized spacial score (nSPS) is 10.9. The van der Waals surface area contributed by atoms with E-state index < -0.39 is 0 Å². The molecule has 0 radical (unpaired) electrons. The largest absolute Gasteiger partial charge is 0.469 e. The van der Waals surface area contributed by atoms with Crippen LogP contribution in [0.15, 0.2) is 41.3 Å². The number of aromatic nitrogens is 4. The Morgan fingerprint density at radius 3 is 2.68 bits per heavy atom. The highest BCUT2D eigenvalue weighted by Crippen LogP contribution is 2.28. The molecular formula is C24H31N5O3S2. The number of amides is 1. The molecule has 3 rings (SSSR count). The summed E-state index contributed by atoms with van der Waals surface area (Å²) in [5.41, 5.74) is 3.50. The molecule has 1 amide bonds. The third-order valence-corrected chi connectivity index (χ3v) is 7.61. The molecule has 0 unspecified atom stereocenters. The highest BCUT2D eigenvalue weighted by atomic mass is 32.2. The highest BCUT2D eigenvalue weighted by Gasteiger charge is 2.17. The van der Waals surface area contributed by atoms with Crippen LogP contribution in [0.1, 0.15) is 59.5 Å². The van der Waals surface area contributed by atoms with Gasteiger partial charge in [-0.15, -0.1) is 10.2 Å². The van der Waals surface area contributed by atoms with Crippen LogP contribution in [0, 0.1) is 6.92 Å². The van der Waals surface area contributed by atoms with Crippen LogP contribution in [-0.4, -0.2) is 57.2 Å². The second-order valence-electron chi connectivity index (χ2n) is 8.06. The van der Waals surface area contributed by atoms with Crippen molar-refractivity contribution in [3.8, 4) is 5.69 Å². The van der Waals surface area contributed by atoms with Crippen LogP contribution >= 0.6 is 23.1 Å². The van der Waals surface area contributed by atoms with E-state index in [0.717, 1.165) is 47.9 Å². The van der Waals surface area contributed by atoms with Crippen molar-refractivity contribution in [2.24, 2.45) is 0 Å². The Hall–Kier alpha value is -2.72. The zero-order valence-electron chi connectivity index (χ0n) is 19.9. The van der Waals surface area contributed by atoms with Gasteiger partial charge in [0.15, 0.2) is 4.34 Å². The number of unbranched alkanes of at least 4 members (excludes halogenated alkanes) is 4. The number of aryl methyl sites for hydroxylation is 1. The number of ether oxygens (including phenoxy) is 1. The maximum absolute atomic E-state index is 12.7. The monoisotopic (exact) mass is 501 g/mol. The van der Waals surface area contributed by atoms with E-state index in [1.165, 1.54) is 29.6 Å². The molecular weight excluding hydrogens is 470 g/mol. The van der Waals surface area contributed by atoms with Gasteiger partial charge in [0.1, 0.15) is 0 Å². The first-order valence-electron chi connectivity index (χ1n) is 11.3. The second-order valence-corrected chi connectivity index (χ2v) is 10.3. The number of carbonyl (C=O) groups is 2. The number of hydrogen-bond donors (Lipinski definition) is 0. The van der Waals surface area contributed by atoms with Gasteiger partial charge in [-0.1, -0.05) is 48.4 Å². The topological polar surface area (TPSA) is 90.2 Å². The summed E-state index contributed by atoms with van der Waals surface area (Å²) in [6.07, 6.45) is 10.8. The summed E-state index contributed by atoms with van der Waals surface area (Å²) in [5.74, 6) is 0.527. The van der Waals surface area contributed by atoms with Crippen molar-refractivity contribution in [2.75, 3.05) is 20.7 Å². The zero-order chi connectivity index (χ0) is 24.3. The van der Waals surface area contributed by atoms with Crippen molar-refractivity contribution in [1.29, 1.82) is 0 Å². The first kappa shape index (κ1) is 25.9. The first-order valence-corrected chi connectivity index (χ1v) is 13.1. The van der Waals surface area contributed by atoms with Crippen molar-refractivity contribution in [1.82, 2.24) is 24.6 Å². The molecule has 2 aromatic heterocycles. The minimum Gasteiger partial charge on any atom is -0.469 e. The average Bonchev–Trinajstić information content (AvgIpc) is 3.54. The molecule has 34 heavy (non-hydrogen) atoms. The molecule has 1 aromatic carbocycles. The van der Waals surface area contributed by atoms with Gasteiger partial charge < -0.3 is 14.2 Å². The van der Waals surface area contributed by atoms with E-state index in [9.17, 15) is 9.59 Å². The smallest absolute Gasteiger partial charge is 0.305 e. The van der Waals surface area contributed by atoms with Crippen molar-refractivity contribution in [3.63, 3.8) is 0 Å². The number of imidazole rings is 1. The van der Waals surface area contributed by atoms with E-state index >= 15 is 0 Å². The molecule has 0 fully saturated rings. The van der Waals surface area contributed by atoms with E-state index in [-0.39, 0.29) is 11.9 Å². The molecule has 0 aliphatic heterocycles. The Morgan fingerprint density at radius 2 is 1.94 bits per heavy atom. The summed E-state index contributed by atoms with van der Waals surface area (Å²) in [4.78, 5) is 29.6. The van der Waals surface area contributed by atoms with Crippen molar-refractivity contribution >= 4 is 35.0 Å². The molecule has 0 aliphatic carbocycles. The molecule has 10 heteroatoms. The fourth-order valence-corrected chi connectivity index (χ4v) is 5.35. The third kappa shape index (κ3) is 7.66. The predicted molar refractivity (Wildman–Crippen MR) is 134 cm³/mol. The lowest BCUT2D eigenvalue weighted by molar-refractivity contribution is -0.140. The fourth-order valence-electron chi connectivity index (χ4n) is 3.42. The zero-order valence-corrected chi connectivity index (χ0v) is 21.5. The molecule has 0 saturated carbocycles. The molecule has 8 nitrogen and oxygen atoms in total. The van der Waals surface area contributed by atoms with E-state index in [2.05, 4.69) is 45.0 Å². The lowest BCUT2D eigenvalue weighted by Crippen LogP contribution is -2.27. The lowest BCUT2D eigenvalue weighted by atomic mass is 10.1. The highest BCUT2D eigenvalue weighted by molar-refractivity contribution is 8.00. The minimum absolute atomic E-state index is 0.0871. The lowest BCUT2D eigenvalue weighted by Gasteiger charge is -2.15. The number of methoxy groups -OCH3 is 1. The van der Waals surface area contributed by atoms with E-state index in [4.69, 9.17) is 0 Å². The number of carbonyl (C=O) groups excluding carboxylic acids is 2. The maximum atomic E-state index is 12.7. The summed E-state index contributed by atoms with van der Waals surface area (Å²) < 4.78 is 7.41. The van der Waals surface area contributed by atoms with Crippen LogP contribution in [-0.2, 0) is 15.3 Å². The van der Waals surface area contributed by atoms with Crippen LogP contribution in [0.5, 0.6) is 0 Å². The number of benzene rings is 1. The second kappa shape index (κ2) is 13.2.